The van der Waals surface area contributed by atoms with Crippen LogP contribution in [0.25, 0.3) is 5.65 Å². The molecule has 0 atom stereocenters. The van der Waals surface area contributed by atoms with Gasteiger partial charge in [0.2, 0.25) is 0 Å². The number of pyridine rings is 1. The molecule has 0 unspecified atom stereocenters. The summed E-state index contributed by atoms with van der Waals surface area (Å²) in [6.07, 6.45) is 3.98. The summed E-state index contributed by atoms with van der Waals surface area (Å²) in [6.45, 7) is 3.73. The first-order chi connectivity index (χ1) is 12.6. The fraction of sp³-hybridized carbons (Fsp3) is 0.300. The molecule has 0 spiro atoms. The smallest absolute Gasteiger partial charge is 0.257 e. The van der Waals surface area contributed by atoms with Gasteiger partial charge in [0.25, 0.3) is 5.91 Å². The Hall–Kier alpha value is -2.86. The molecule has 0 radical (unpaired) electrons. The number of likely N-dealkylation sites (N-methyl/N-ethyl adjacent to an activating group) is 2. The zero-order valence-electron chi connectivity index (χ0n) is 15.4. The Labute approximate surface area is 153 Å². The van der Waals surface area contributed by atoms with Crippen LogP contribution in [0.2, 0.25) is 0 Å². The normalized spacial score (nSPS) is 10.9. The zero-order chi connectivity index (χ0) is 18.5. The Kier molecular flexibility index (Phi) is 5.53. The van der Waals surface area contributed by atoms with E-state index in [0.29, 0.717) is 24.5 Å². The third-order valence-electron chi connectivity index (χ3n) is 4.19. The number of para-hydroxylation sites is 1. The highest BCUT2D eigenvalue weighted by Crippen LogP contribution is 2.21. The first kappa shape index (κ1) is 17.9. The maximum absolute atomic E-state index is 12.7. The molecule has 3 rings (SSSR count). The lowest BCUT2D eigenvalue weighted by Gasteiger charge is -2.18. The Morgan fingerprint density at radius 2 is 2.04 bits per heavy atom. The molecule has 6 heteroatoms. The number of amides is 1. The predicted octanol–water partition coefficient (Wildman–Crippen LogP) is 2.51. The van der Waals surface area contributed by atoms with Gasteiger partial charge in [-0.15, -0.1) is 0 Å². The van der Waals surface area contributed by atoms with E-state index in [9.17, 15) is 4.79 Å². The molecule has 0 saturated carbocycles. The summed E-state index contributed by atoms with van der Waals surface area (Å²) >= 11 is 0. The van der Waals surface area contributed by atoms with Crippen LogP contribution in [-0.4, -0.2) is 47.4 Å². The molecule has 1 aromatic carbocycles. The number of aromatic nitrogens is 2. The number of hydrogen-bond acceptors (Lipinski definition) is 4. The fourth-order valence-electron chi connectivity index (χ4n) is 2.73. The summed E-state index contributed by atoms with van der Waals surface area (Å²) in [4.78, 5) is 18.9. The average molecular weight is 352 g/mol. The van der Waals surface area contributed by atoms with Crippen molar-refractivity contribution in [3.63, 3.8) is 0 Å². The van der Waals surface area contributed by atoms with Crippen LogP contribution in [0.1, 0.15) is 21.6 Å². The van der Waals surface area contributed by atoms with Crippen molar-refractivity contribution >= 4 is 11.6 Å². The minimum atomic E-state index is -0.0542. The van der Waals surface area contributed by atoms with E-state index in [-0.39, 0.29) is 5.91 Å². The van der Waals surface area contributed by atoms with Gasteiger partial charge >= 0.3 is 0 Å². The molecule has 2 heterocycles. The van der Waals surface area contributed by atoms with Gasteiger partial charge in [-0.1, -0.05) is 18.2 Å². The van der Waals surface area contributed by atoms with Gasteiger partial charge in [-0.05, 0) is 37.7 Å². The van der Waals surface area contributed by atoms with Crippen LogP contribution in [0.4, 0.5) is 0 Å². The maximum atomic E-state index is 12.7. The van der Waals surface area contributed by atoms with Crippen molar-refractivity contribution in [1.82, 2.24) is 19.6 Å². The second kappa shape index (κ2) is 8.01. The van der Waals surface area contributed by atoms with E-state index in [1.54, 1.807) is 18.0 Å². The monoisotopic (exact) mass is 352 g/mol. The van der Waals surface area contributed by atoms with Gasteiger partial charge in [-0.2, -0.15) is 0 Å². The molecule has 0 aliphatic carbocycles. The fourth-order valence-corrected chi connectivity index (χ4v) is 2.73. The molecule has 26 heavy (non-hydrogen) atoms. The van der Waals surface area contributed by atoms with E-state index in [1.807, 2.05) is 61.1 Å². The molecule has 2 aromatic heterocycles. The van der Waals surface area contributed by atoms with Gasteiger partial charge in [0.15, 0.2) is 0 Å². The Morgan fingerprint density at radius 1 is 1.23 bits per heavy atom. The number of nitrogens with zero attached hydrogens (tertiary/aromatic N) is 3. The summed E-state index contributed by atoms with van der Waals surface area (Å²) in [5, 5.41) is 3.05. The lowest BCUT2D eigenvalue weighted by molar-refractivity contribution is 0.0792. The van der Waals surface area contributed by atoms with Crippen LogP contribution in [0.5, 0.6) is 5.75 Å². The molecule has 0 aliphatic rings. The maximum Gasteiger partial charge on any atom is 0.257 e. The van der Waals surface area contributed by atoms with Crippen molar-refractivity contribution in [1.29, 1.82) is 0 Å². The highest BCUT2D eigenvalue weighted by Gasteiger charge is 2.16. The number of carbonyl (C=O) groups is 1. The van der Waals surface area contributed by atoms with Crippen molar-refractivity contribution in [3.8, 4) is 5.75 Å². The Bertz CT molecular complexity index is 904. The Balaban J connectivity index is 1.74. The van der Waals surface area contributed by atoms with Crippen LogP contribution in [0.3, 0.4) is 0 Å². The summed E-state index contributed by atoms with van der Waals surface area (Å²) in [5.74, 6) is 0.517. The second-order valence-electron chi connectivity index (χ2n) is 6.32. The number of benzene rings is 1. The summed E-state index contributed by atoms with van der Waals surface area (Å²) in [5.41, 5.74) is 3.43. The second-order valence-corrected chi connectivity index (χ2v) is 6.32. The van der Waals surface area contributed by atoms with Crippen LogP contribution in [-0.2, 0) is 6.61 Å². The Morgan fingerprint density at radius 3 is 2.85 bits per heavy atom. The molecule has 6 nitrogen and oxygen atoms in total. The summed E-state index contributed by atoms with van der Waals surface area (Å²) in [7, 11) is 3.66. The van der Waals surface area contributed by atoms with E-state index in [4.69, 9.17) is 4.74 Å². The first-order valence-corrected chi connectivity index (χ1v) is 8.64. The highest BCUT2D eigenvalue weighted by molar-refractivity contribution is 5.96. The van der Waals surface area contributed by atoms with E-state index in [0.717, 1.165) is 17.9 Å². The van der Waals surface area contributed by atoms with Crippen molar-refractivity contribution in [2.75, 3.05) is 27.2 Å². The van der Waals surface area contributed by atoms with Crippen LogP contribution < -0.4 is 10.1 Å². The number of hydrogen-bond donors (Lipinski definition) is 1. The van der Waals surface area contributed by atoms with Crippen molar-refractivity contribution in [2.45, 2.75) is 13.5 Å². The minimum Gasteiger partial charge on any atom is -0.486 e. The van der Waals surface area contributed by atoms with Crippen molar-refractivity contribution < 1.29 is 9.53 Å². The van der Waals surface area contributed by atoms with E-state index < -0.39 is 0 Å². The number of rotatable bonds is 7. The molecule has 1 amide bonds. The number of ether oxygens (including phenoxy) is 1. The van der Waals surface area contributed by atoms with Gasteiger partial charge in [-0.3, -0.25) is 4.79 Å². The number of carbonyl (C=O) groups excluding carboxylic acids is 1. The number of aryl methyl sites for hydroxylation is 1. The van der Waals surface area contributed by atoms with Crippen molar-refractivity contribution in [2.24, 2.45) is 0 Å². The largest absolute Gasteiger partial charge is 0.486 e. The summed E-state index contributed by atoms with van der Waals surface area (Å²) < 4.78 is 7.90. The molecule has 136 valence electrons. The number of nitrogens with one attached hydrogen (secondary N) is 1. The van der Waals surface area contributed by atoms with Crippen LogP contribution in [0.15, 0.2) is 48.8 Å². The standard InChI is InChI=1S/C20H24N4O2/c1-15-8-9-19-22-16(13-24(19)12-15)14-26-18-7-5-4-6-17(18)20(25)23(3)11-10-21-2/h4-9,12-13,21H,10-11,14H2,1-3H3. The van der Waals surface area contributed by atoms with Gasteiger partial charge < -0.3 is 19.4 Å². The summed E-state index contributed by atoms with van der Waals surface area (Å²) in [6, 6.07) is 11.3. The topological polar surface area (TPSA) is 58.9 Å². The van der Waals surface area contributed by atoms with Gasteiger partial charge in [0, 0.05) is 32.5 Å². The van der Waals surface area contributed by atoms with E-state index in [2.05, 4.69) is 10.3 Å². The average Bonchev–Trinajstić information content (AvgIpc) is 3.06. The van der Waals surface area contributed by atoms with Crippen LogP contribution in [0, 0.1) is 6.92 Å². The molecule has 0 bridgehead atoms. The molecule has 0 saturated heterocycles. The third-order valence-corrected chi connectivity index (χ3v) is 4.19. The van der Waals surface area contributed by atoms with E-state index >= 15 is 0 Å². The van der Waals surface area contributed by atoms with Gasteiger partial charge in [0.1, 0.15) is 18.0 Å². The zero-order valence-corrected chi connectivity index (χ0v) is 15.4. The van der Waals surface area contributed by atoms with Crippen molar-refractivity contribution in [3.05, 3.63) is 65.6 Å². The number of imidazole rings is 1. The lowest BCUT2D eigenvalue weighted by Crippen LogP contribution is -2.33. The minimum absolute atomic E-state index is 0.0542. The molecule has 3 aromatic rings. The first-order valence-electron chi connectivity index (χ1n) is 8.64. The van der Waals surface area contributed by atoms with Gasteiger partial charge in [0.05, 0.1) is 11.3 Å². The molecule has 1 N–H and O–H groups in total. The lowest BCUT2D eigenvalue weighted by atomic mass is 10.1. The molecule has 0 aliphatic heterocycles. The quantitative estimate of drug-likeness (QED) is 0.710. The third kappa shape index (κ3) is 4.03. The van der Waals surface area contributed by atoms with Gasteiger partial charge in [-0.25, -0.2) is 4.98 Å². The highest BCUT2D eigenvalue weighted by atomic mass is 16.5. The molecule has 0 fully saturated rings. The number of fused-ring (bicyclic) bond motifs is 1. The molecular weight excluding hydrogens is 328 g/mol. The SMILES string of the molecule is CNCCN(C)C(=O)c1ccccc1OCc1cn2cc(C)ccc2n1. The van der Waals surface area contributed by atoms with E-state index in [1.165, 1.54) is 5.56 Å². The predicted molar refractivity (Wildman–Crippen MR) is 102 cm³/mol. The molecular formula is C20H24N4O2. The van der Waals surface area contributed by atoms with Crippen LogP contribution >= 0.6 is 0 Å².